The Kier molecular flexibility index (Phi) is 4.57. The van der Waals surface area contributed by atoms with Crippen molar-refractivity contribution in [1.29, 1.82) is 0 Å². The molecule has 0 aliphatic carbocycles. The fraction of sp³-hybridized carbons (Fsp3) is 0.450. The minimum Gasteiger partial charge on any atom is -0.356 e. The molecule has 6 heteroatoms. The number of aromatic nitrogens is 2. The summed E-state index contributed by atoms with van der Waals surface area (Å²) in [5.74, 6) is 1.38. The molecule has 1 aromatic heterocycles. The second-order valence-corrected chi connectivity index (χ2v) is 7.05. The number of benzene rings is 1. The van der Waals surface area contributed by atoms with Crippen molar-refractivity contribution in [3.63, 3.8) is 0 Å². The lowest BCUT2D eigenvalue weighted by molar-refractivity contribution is 0.0733. The lowest BCUT2D eigenvalue weighted by Gasteiger charge is -2.34. The van der Waals surface area contributed by atoms with Gasteiger partial charge in [0, 0.05) is 37.2 Å². The van der Waals surface area contributed by atoms with Gasteiger partial charge in [-0.25, -0.2) is 14.4 Å². The molecule has 2 aliphatic heterocycles. The number of aryl methyl sites for hydroxylation is 1. The van der Waals surface area contributed by atoms with Crippen LogP contribution >= 0.6 is 0 Å². The van der Waals surface area contributed by atoms with Crippen molar-refractivity contribution in [2.45, 2.75) is 39.2 Å². The molecule has 2 aliphatic rings. The third-order valence-electron chi connectivity index (χ3n) is 5.18. The van der Waals surface area contributed by atoms with Gasteiger partial charge in [0.2, 0.25) is 0 Å². The lowest BCUT2D eigenvalue weighted by Crippen LogP contribution is -2.39. The van der Waals surface area contributed by atoms with Crippen LogP contribution in [0, 0.1) is 12.7 Å². The first kappa shape index (κ1) is 16.9. The molecule has 0 bridgehead atoms. The van der Waals surface area contributed by atoms with Crippen molar-refractivity contribution in [3.8, 4) is 0 Å². The van der Waals surface area contributed by atoms with Crippen molar-refractivity contribution in [1.82, 2.24) is 14.9 Å². The molecule has 1 amide bonds. The Bertz CT molecular complexity index is 815. The van der Waals surface area contributed by atoms with Gasteiger partial charge < -0.3 is 9.80 Å². The quantitative estimate of drug-likeness (QED) is 0.831. The van der Waals surface area contributed by atoms with Gasteiger partial charge >= 0.3 is 0 Å². The van der Waals surface area contributed by atoms with Crippen LogP contribution in [0.15, 0.2) is 24.3 Å². The first-order valence-electron chi connectivity index (χ1n) is 9.28. The molecule has 1 saturated heterocycles. The monoisotopic (exact) mass is 354 g/mol. The largest absolute Gasteiger partial charge is 0.356 e. The SMILES string of the molecule is Cc1nc2c(c(N3CCCCC3)n1)CN(C(=O)c1ccc(F)cc1)CC2. The van der Waals surface area contributed by atoms with Gasteiger partial charge in [0.1, 0.15) is 17.5 Å². The highest BCUT2D eigenvalue weighted by molar-refractivity contribution is 5.94. The maximum Gasteiger partial charge on any atom is 0.254 e. The maximum absolute atomic E-state index is 13.1. The van der Waals surface area contributed by atoms with E-state index in [1.54, 1.807) is 12.1 Å². The van der Waals surface area contributed by atoms with Crippen LogP contribution < -0.4 is 4.90 Å². The van der Waals surface area contributed by atoms with Crippen LogP contribution in [0.4, 0.5) is 10.2 Å². The number of carbonyl (C=O) groups is 1. The van der Waals surface area contributed by atoms with Crippen LogP contribution in [-0.2, 0) is 13.0 Å². The zero-order valence-electron chi connectivity index (χ0n) is 15.0. The second kappa shape index (κ2) is 7.02. The Hall–Kier alpha value is -2.50. The number of carbonyl (C=O) groups excluding carboxylic acids is 1. The number of anilines is 1. The summed E-state index contributed by atoms with van der Waals surface area (Å²) in [6.45, 7) is 5.09. The van der Waals surface area contributed by atoms with Crippen molar-refractivity contribution in [2.24, 2.45) is 0 Å². The molecule has 0 radical (unpaired) electrons. The van der Waals surface area contributed by atoms with E-state index in [1.165, 1.54) is 31.4 Å². The first-order chi connectivity index (χ1) is 12.6. The number of nitrogens with zero attached hydrogens (tertiary/aromatic N) is 4. The molecule has 4 rings (SSSR count). The molecule has 1 fully saturated rings. The third-order valence-corrected chi connectivity index (χ3v) is 5.18. The summed E-state index contributed by atoms with van der Waals surface area (Å²) in [7, 11) is 0. The van der Waals surface area contributed by atoms with Crippen molar-refractivity contribution >= 4 is 11.7 Å². The number of halogens is 1. The Labute approximate surface area is 152 Å². The summed E-state index contributed by atoms with van der Waals surface area (Å²) in [6.07, 6.45) is 4.34. The van der Waals surface area contributed by atoms with Gasteiger partial charge in [0.25, 0.3) is 5.91 Å². The lowest BCUT2D eigenvalue weighted by atomic mass is 10.0. The van der Waals surface area contributed by atoms with E-state index in [1.807, 2.05) is 11.8 Å². The Balaban J connectivity index is 1.62. The van der Waals surface area contributed by atoms with Crippen molar-refractivity contribution in [3.05, 3.63) is 52.7 Å². The van der Waals surface area contributed by atoms with Crippen LogP contribution in [0.3, 0.4) is 0 Å². The molecule has 3 heterocycles. The predicted molar refractivity (Wildman–Crippen MR) is 97.7 cm³/mol. The van der Waals surface area contributed by atoms with Gasteiger partial charge in [-0.1, -0.05) is 0 Å². The maximum atomic E-state index is 13.1. The highest BCUT2D eigenvalue weighted by atomic mass is 19.1. The van der Waals surface area contributed by atoms with E-state index in [9.17, 15) is 9.18 Å². The highest BCUT2D eigenvalue weighted by Gasteiger charge is 2.28. The molecule has 0 spiro atoms. The van der Waals surface area contributed by atoms with E-state index in [2.05, 4.69) is 9.88 Å². The summed E-state index contributed by atoms with van der Waals surface area (Å²) in [6, 6.07) is 5.75. The van der Waals surface area contributed by atoms with Crippen molar-refractivity contribution < 1.29 is 9.18 Å². The fourth-order valence-electron chi connectivity index (χ4n) is 3.83. The van der Waals surface area contributed by atoms with Crippen molar-refractivity contribution in [2.75, 3.05) is 24.5 Å². The number of piperidine rings is 1. The van der Waals surface area contributed by atoms with E-state index in [-0.39, 0.29) is 11.7 Å². The average Bonchev–Trinajstić information content (AvgIpc) is 2.68. The van der Waals surface area contributed by atoms with E-state index in [0.717, 1.165) is 42.4 Å². The molecular weight excluding hydrogens is 331 g/mol. The van der Waals surface area contributed by atoms with E-state index in [4.69, 9.17) is 4.98 Å². The zero-order chi connectivity index (χ0) is 18.1. The first-order valence-corrected chi connectivity index (χ1v) is 9.28. The Morgan fingerprint density at radius 3 is 2.50 bits per heavy atom. The number of fused-ring (bicyclic) bond motifs is 1. The van der Waals surface area contributed by atoms with Crippen LogP contribution in [0.25, 0.3) is 0 Å². The minimum absolute atomic E-state index is 0.0687. The van der Waals surface area contributed by atoms with Gasteiger partial charge in [-0.05, 0) is 50.5 Å². The molecule has 136 valence electrons. The van der Waals surface area contributed by atoms with Gasteiger partial charge in [-0.15, -0.1) is 0 Å². The molecular formula is C20H23FN4O. The number of amides is 1. The molecule has 0 N–H and O–H groups in total. The molecule has 1 aromatic carbocycles. The second-order valence-electron chi connectivity index (χ2n) is 7.05. The zero-order valence-corrected chi connectivity index (χ0v) is 15.0. The fourth-order valence-corrected chi connectivity index (χ4v) is 3.83. The van der Waals surface area contributed by atoms with Gasteiger partial charge in [0.15, 0.2) is 0 Å². The van der Waals surface area contributed by atoms with E-state index in [0.29, 0.717) is 18.7 Å². The molecule has 0 unspecified atom stereocenters. The molecule has 2 aromatic rings. The van der Waals surface area contributed by atoms with E-state index < -0.39 is 0 Å². The van der Waals surface area contributed by atoms with Crippen LogP contribution in [0.5, 0.6) is 0 Å². The number of hydrogen-bond acceptors (Lipinski definition) is 4. The summed E-state index contributed by atoms with van der Waals surface area (Å²) < 4.78 is 13.1. The van der Waals surface area contributed by atoms with E-state index >= 15 is 0 Å². The summed E-state index contributed by atoms with van der Waals surface area (Å²) in [5, 5.41) is 0. The normalized spacial score (nSPS) is 17.2. The minimum atomic E-state index is -0.332. The topological polar surface area (TPSA) is 49.3 Å². The standard InChI is InChI=1S/C20H23FN4O/c1-14-22-18-9-12-25(20(26)15-5-7-16(21)8-6-15)13-17(18)19(23-14)24-10-3-2-4-11-24/h5-8H,2-4,9-13H2,1H3. The smallest absolute Gasteiger partial charge is 0.254 e. The van der Waals surface area contributed by atoms with Gasteiger partial charge in [-0.2, -0.15) is 0 Å². The summed E-state index contributed by atoms with van der Waals surface area (Å²) in [4.78, 5) is 26.3. The number of hydrogen-bond donors (Lipinski definition) is 0. The predicted octanol–water partition coefficient (Wildman–Crippen LogP) is 3.11. The molecule has 0 atom stereocenters. The van der Waals surface area contributed by atoms with Gasteiger partial charge in [-0.3, -0.25) is 4.79 Å². The molecule has 26 heavy (non-hydrogen) atoms. The third kappa shape index (κ3) is 3.28. The van der Waals surface area contributed by atoms with Crippen LogP contribution in [0.2, 0.25) is 0 Å². The molecule has 5 nitrogen and oxygen atoms in total. The highest BCUT2D eigenvalue weighted by Crippen LogP contribution is 2.29. The van der Waals surface area contributed by atoms with Gasteiger partial charge in [0.05, 0.1) is 12.2 Å². The summed E-state index contributed by atoms with van der Waals surface area (Å²) in [5.41, 5.74) is 2.64. The Morgan fingerprint density at radius 1 is 1.04 bits per heavy atom. The van der Waals surface area contributed by atoms with Crippen LogP contribution in [0.1, 0.15) is 46.7 Å². The van der Waals surface area contributed by atoms with Crippen LogP contribution in [-0.4, -0.2) is 40.4 Å². The molecule has 0 saturated carbocycles. The average molecular weight is 354 g/mol. The summed E-state index contributed by atoms with van der Waals surface area (Å²) >= 11 is 0. The Morgan fingerprint density at radius 2 is 1.77 bits per heavy atom. The number of rotatable bonds is 2.